The number of carbonyl (C=O) groups is 1. The van der Waals surface area contributed by atoms with E-state index >= 15 is 0 Å². The summed E-state index contributed by atoms with van der Waals surface area (Å²) in [5, 5.41) is 6.84. The Kier molecular flexibility index (Phi) is 7.13. The van der Waals surface area contributed by atoms with Crippen LogP contribution in [0.1, 0.15) is 62.9 Å². The average molecular weight is 345 g/mol. The Morgan fingerprint density at radius 1 is 1.20 bits per heavy atom. The van der Waals surface area contributed by atoms with Crippen LogP contribution in [-0.2, 0) is 29.1 Å². The fraction of sp³-hybridized carbons (Fsp3) is 0.526. The highest BCUT2D eigenvalue weighted by Gasteiger charge is 2.12. The Hall–Kier alpha value is -2.21. The first kappa shape index (κ1) is 19.1. The van der Waals surface area contributed by atoms with Gasteiger partial charge in [0.2, 0.25) is 11.8 Å². The van der Waals surface area contributed by atoms with Crippen molar-refractivity contribution < 1.29 is 14.1 Å². The Balaban J connectivity index is 1.81. The van der Waals surface area contributed by atoms with Crippen LogP contribution in [0.4, 0.5) is 0 Å². The predicted molar refractivity (Wildman–Crippen MR) is 94.9 cm³/mol. The summed E-state index contributed by atoms with van der Waals surface area (Å²) in [4.78, 5) is 16.4. The van der Waals surface area contributed by atoms with E-state index in [1.54, 1.807) is 0 Å². The number of aryl methyl sites for hydroxylation is 1. The van der Waals surface area contributed by atoms with E-state index in [0.717, 1.165) is 11.1 Å². The second-order valence-corrected chi connectivity index (χ2v) is 6.61. The molecular formula is C19H27N3O3. The van der Waals surface area contributed by atoms with Gasteiger partial charge in [-0.2, -0.15) is 4.98 Å². The molecule has 0 bridgehead atoms. The smallest absolute Gasteiger partial charge is 0.227 e. The molecule has 1 N–H and O–H groups in total. The number of hydrogen-bond donors (Lipinski definition) is 1. The SMILES string of the molecule is CC(C)OCc1ccccc1CNC(=O)CCc1nc(C(C)C)no1. The van der Waals surface area contributed by atoms with Gasteiger partial charge in [-0.1, -0.05) is 43.3 Å². The van der Waals surface area contributed by atoms with E-state index in [1.807, 2.05) is 52.0 Å². The molecule has 0 aliphatic rings. The minimum absolute atomic E-state index is 0.0381. The molecule has 0 unspecified atom stereocenters. The van der Waals surface area contributed by atoms with E-state index in [4.69, 9.17) is 9.26 Å². The molecule has 0 saturated carbocycles. The summed E-state index contributed by atoms with van der Waals surface area (Å²) in [6.45, 7) is 9.05. The zero-order valence-corrected chi connectivity index (χ0v) is 15.4. The number of aromatic nitrogens is 2. The molecule has 2 rings (SSSR count). The molecule has 0 atom stereocenters. The number of nitrogens with one attached hydrogen (secondary N) is 1. The maximum Gasteiger partial charge on any atom is 0.227 e. The van der Waals surface area contributed by atoms with Gasteiger partial charge in [0.15, 0.2) is 5.82 Å². The highest BCUT2D eigenvalue weighted by Crippen LogP contribution is 2.12. The maximum atomic E-state index is 12.1. The van der Waals surface area contributed by atoms with Crippen LogP contribution in [0.15, 0.2) is 28.8 Å². The summed E-state index contributed by atoms with van der Waals surface area (Å²) in [6.07, 6.45) is 0.946. The predicted octanol–water partition coefficient (Wildman–Crippen LogP) is 3.37. The van der Waals surface area contributed by atoms with Gasteiger partial charge in [0, 0.05) is 25.3 Å². The zero-order valence-electron chi connectivity index (χ0n) is 15.4. The number of amides is 1. The highest BCUT2D eigenvalue weighted by atomic mass is 16.5. The lowest BCUT2D eigenvalue weighted by atomic mass is 10.1. The molecular weight excluding hydrogens is 318 g/mol. The molecule has 2 aromatic rings. The lowest BCUT2D eigenvalue weighted by molar-refractivity contribution is -0.121. The molecule has 0 saturated heterocycles. The van der Waals surface area contributed by atoms with E-state index < -0.39 is 0 Å². The quantitative estimate of drug-likeness (QED) is 0.754. The number of ether oxygens (including phenoxy) is 1. The molecule has 6 nitrogen and oxygen atoms in total. The van der Waals surface area contributed by atoms with Gasteiger partial charge in [-0.15, -0.1) is 0 Å². The van der Waals surface area contributed by atoms with Gasteiger partial charge >= 0.3 is 0 Å². The first-order valence-electron chi connectivity index (χ1n) is 8.73. The molecule has 6 heteroatoms. The molecule has 25 heavy (non-hydrogen) atoms. The normalized spacial score (nSPS) is 11.3. The lowest BCUT2D eigenvalue weighted by Crippen LogP contribution is -2.23. The molecule has 0 radical (unpaired) electrons. The summed E-state index contributed by atoms with van der Waals surface area (Å²) >= 11 is 0. The number of benzene rings is 1. The highest BCUT2D eigenvalue weighted by molar-refractivity contribution is 5.76. The summed E-state index contributed by atoms with van der Waals surface area (Å²) in [7, 11) is 0. The van der Waals surface area contributed by atoms with Crippen molar-refractivity contribution >= 4 is 5.91 Å². The van der Waals surface area contributed by atoms with Crippen LogP contribution >= 0.6 is 0 Å². The fourth-order valence-electron chi connectivity index (χ4n) is 2.23. The van der Waals surface area contributed by atoms with Crippen molar-refractivity contribution in [3.63, 3.8) is 0 Å². The second-order valence-electron chi connectivity index (χ2n) is 6.61. The van der Waals surface area contributed by atoms with Gasteiger partial charge in [0.05, 0.1) is 12.7 Å². The van der Waals surface area contributed by atoms with Crippen molar-refractivity contribution in [2.45, 2.75) is 65.7 Å². The van der Waals surface area contributed by atoms with Gasteiger partial charge in [-0.3, -0.25) is 4.79 Å². The number of rotatable bonds is 9. The molecule has 0 aliphatic carbocycles. The molecule has 1 aromatic carbocycles. The third kappa shape index (κ3) is 6.31. The monoisotopic (exact) mass is 345 g/mol. The van der Waals surface area contributed by atoms with Crippen LogP contribution in [0.3, 0.4) is 0 Å². The summed E-state index contributed by atoms with van der Waals surface area (Å²) in [6, 6.07) is 7.97. The molecule has 1 aromatic heterocycles. The Morgan fingerprint density at radius 2 is 1.92 bits per heavy atom. The third-order valence-corrected chi connectivity index (χ3v) is 3.73. The van der Waals surface area contributed by atoms with Gasteiger partial charge in [0.1, 0.15) is 0 Å². The van der Waals surface area contributed by atoms with Crippen molar-refractivity contribution in [3.8, 4) is 0 Å². The van der Waals surface area contributed by atoms with Crippen LogP contribution in [0.5, 0.6) is 0 Å². The largest absolute Gasteiger partial charge is 0.374 e. The summed E-state index contributed by atoms with van der Waals surface area (Å²) < 4.78 is 10.8. The van der Waals surface area contributed by atoms with Crippen molar-refractivity contribution in [2.24, 2.45) is 0 Å². The molecule has 136 valence electrons. The van der Waals surface area contributed by atoms with Crippen LogP contribution in [0.2, 0.25) is 0 Å². The van der Waals surface area contributed by atoms with Crippen LogP contribution in [0.25, 0.3) is 0 Å². The molecule has 0 fully saturated rings. The zero-order chi connectivity index (χ0) is 18.2. The van der Waals surface area contributed by atoms with E-state index in [9.17, 15) is 4.79 Å². The van der Waals surface area contributed by atoms with Crippen LogP contribution in [-0.4, -0.2) is 22.2 Å². The maximum absolute atomic E-state index is 12.1. The minimum atomic E-state index is -0.0381. The molecule has 1 heterocycles. The number of hydrogen-bond acceptors (Lipinski definition) is 5. The van der Waals surface area contributed by atoms with E-state index in [0.29, 0.717) is 37.7 Å². The number of nitrogens with zero attached hydrogens (tertiary/aromatic N) is 2. The van der Waals surface area contributed by atoms with E-state index in [-0.39, 0.29) is 17.9 Å². The van der Waals surface area contributed by atoms with E-state index in [2.05, 4.69) is 15.5 Å². The van der Waals surface area contributed by atoms with Gasteiger partial charge < -0.3 is 14.6 Å². The average Bonchev–Trinajstić information content (AvgIpc) is 3.06. The Labute approximate surface area is 149 Å². The summed E-state index contributed by atoms with van der Waals surface area (Å²) in [5.41, 5.74) is 2.16. The second kappa shape index (κ2) is 9.32. The van der Waals surface area contributed by atoms with Gasteiger partial charge in [-0.05, 0) is 25.0 Å². The molecule has 0 aliphatic heterocycles. The van der Waals surface area contributed by atoms with Gasteiger partial charge in [-0.25, -0.2) is 0 Å². The van der Waals surface area contributed by atoms with E-state index in [1.165, 1.54) is 0 Å². The first-order valence-corrected chi connectivity index (χ1v) is 8.73. The van der Waals surface area contributed by atoms with Gasteiger partial charge in [0.25, 0.3) is 0 Å². The van der Waals surface area contributed by atoms with Crippen LogP contribution < -0.4 is 5.32 Å². The Morgan fingerprint density at radius 3 is 2.56 bits per heavy atom. The van der Waals surface area contributed by atoms with Crippen molar-refractivity contribution in [1.29, 1.82) is 0 Å². The fourth-order valence-corrected chi connectivity index (χ4v) is 2.23. The topological polar surface area (TPSA) is 77.2 Å². The summed E-state index contributed by atoms with van der Waals surface area (Å²) in [5.74, 6) is 1.36. The standard InChI is InChI=1S/C19H27N3O3/c1-13(2)19-21-18(25-22-19)10-9-17(23)20-11-15-7-5-6-8-16(15)12-24-14(3)4/h5-8,13-14H,9-12H2,1-4H3,(H,20,23). The minimum Gasteiger partial charge on any atom is -0.374 e. The first-order chi connectivity index (χ1) is 12.0. The third-order valence-electron chi connectivity index (χ3n) is 3.73. The lowest BCUT2D eigenvalue weighted by Gasteiger charge is -2.12. The van der Waals surface area contributed by atoms with Crippen molar-refractivity contribution in [3.05, 3.63) is 47.1 Å². The van der Waals surface area contributed by atoms with Crippen molar-refractivity contribution in [1.82, 2.24) is 15.5 Å². The van der Waals surface area contributed by atoms with Crippen LogP contribution in [0, 0.1) is 0 Å². The molecule has 1 amide bonds. The number of carbonyl (C=O) groups excluding carboxylic acids is 1. The van der Waals surface area contributed by atoms with Crippen molar-refractivity contribution in [2.75, 3.05) is 0 Å². The Bertz CT molecular complexity index is 680. The molecule has 0 spiro atoms.